The number of fused-ring (bicyclic) bond motifs is 1. The van der Waals surface area contributed by atoms with Crippen LogP contribution in [0.25, 0.3) is 21.3 Å². The van der Waals surface area contributed by atoms with Crippen molar-refractivity contribution in [3.8, 4) is 16.9 Å². The van der Waals surface area contributed by atoms with Crippen LogP contribution in [0.2, 0.25) is 0 Å². The first-order valence-corrected chi connectivity index (χ1v) is 9.90. The Hall–Kier alpha value is -3.45. The van der Waals surface area contributed by atoms with Crippen LogP contribution in [0.15, 0.2) is 65.0 Å². The van der Waals surface area contributed by atoms with Gasteiger partial charge in [0.05, 0.1) is 18.8 Å². The molecule has 7 heteroatoms. The van der Waals surface area contributed by atoms with E-state index in [1.165, 1.54) is 22.2 Å². The van der Waals surface area contributed by atoms with E-state index < -0.39 is 0 Å². The van der Waals surface area contributed by atoms with Gasteiger partial charge >= 0.3 is 0 Å². The van der Waals surface area contributed by atoms with Crippen molar-refractivity contribution in [1.82, 2.24) is 9.55 Å². The molecule has 0 aliphatic carbocycles. The Balaban J connectivity index is 1.63. The van der Waals surface area contributed by atoms with Gasteiger partial charge in [0.25, 0.3) is 5.56 Å². The molecule has 4 rings (SSSR count). The van der Waals surface area contributed by atoms with Crippen molar-refractivity contribution < 1.29 is 9.53 Å². The van der Waals surface area contributed by atoms with Crippen molar-refractivity contribution in [2.24, 2.45) is 0 Å². The zero-order valence-electron chi connectivity index (χ0n) is 16.0. The molecule has 2 aromatic heterocycles. The number of hydrogen-bond donors (Lipinski definition) is 1. The number of ether oxygens (including phenoxy) is 1. The summed E-state index contributed by atoms with van der Waals surface area (Å²) in [6, 6.07) is 15.0. The van der Waals surface area contributed by atoms with Gasteiger partial charge in [-0.1, -0.05) is 29.8 Å². The maximum absolute atomic E-state index is 13.1. The highest BCUT2D eigenvalue weighted by atomic mass is 32.1. The number of thiophene rings is 1. The van der Waals surface area contributed by atoms with Crippen LogP contribution in [0.3, 0.4) is 0 Å². The first-order valence-electron chi connectivity index (χ1n) is 9.03. The van der Waals surface area contributed by atoms with Crippen LogP contribution in [0.4, 0.5) is 5.69 Å². The summed E-state index contributed by atoms with van der Waals surface area (Å²) in [5.74, 6) is 0.468. The molecule has 0 aliphatic rings. The minimum absolute atomic E-state index is 0.104. The summed E-state index contributed by atoms with van der Waals surface area (Å²) in [7, 11) is 1.61. The first-order chi connectivity index (χ1) is 14.0. The predicted molar refractivity (Wildman–Crippen MR) is 116 cm³/mol. The van der Waals surface area contributed by atoms with Crippen molar-refractivity contribution in [3.63, 3.8) is 0 Å². The number of hydrogen-bond acceptors (Lipinski definition) is 5. The molecule has 0 saturated carbocycles. The number of anilines is 1. The van der Waals surface area contributed by atoms with E-state index in [-0.39, 0.29) is 18.0 Å². The summed E-state index contributed by atoms with van der Waals surface area (Å²) in [5.41, 5.74) is 3.27. The smallest absolute Gasteiger partial charge is 0.263 e. The molecular formula is C22H19N3O3S. The van der Waals surface area contributed by atoms with Crippen LogP contribution in [-0.2, 0) is 11.3 Å². The number of methoxy groups -OCH3 is 1. The summed E-state index contributed by atoms with van der Waals surface area (Å²) in [6.07, 6.45) is 1.42. The van der Waals surface area contributed by atoms with Gasteiger partial charge in [0.15, 0.2) is 0 Å². The van der Waals surface area contributed by atoms with E-state index in [0.717, 1.165) is 22.4 Å². The second-order valence-electron chi connectivity index (χ2n) is 6.65. The third kappa shape index (κ3) is 3.90. The van der Waals surface area contributed by atoms with E-state index in [9.17, 15) is 9.59 Å². The quantitative estimate of drug-likeness (QED) is 0.543. The Morgan fingerprint density at radius 1 is 1.14 bits per heavy atom. The third-order valence-electron chi connectivity index (χ3n) is 4.61. The first kappa shape index (κ1) is 18.9. The van der Waals surface area contributed by atoms with Crippen LogP contribution in [-0.4, -0.2) is 22.6 Å². The van der Waals surface area contributed by atoms with Crippen molar-refractivity contribution in [2.75, 3.05) is 12.4 Å². The van der Waals surface area contributed by atoms with Crippen LogP contribution in [0.5, 0.6) is 5.75 Å². The van der Waals surface area contributed by atoms with Crippen LogP contribution >= 0.6 is 11.3 Å². The van der Waals surface area contributed by atoms with Gasteiger partial charge < -0.3 is 10.1 Å². The molecule has 0 spiro atoms. The molecule has 29 heavy (non-hydrogen) atoms. The minimum Gasteiger partial charge on any atom is -0.497 e. The average Bonchev–Trinajstić information content (AvgIpc) is 3.17. The summed E-state index contributed by atoms with van der Waals surface area (Å²) in [4.78, 5) is 30.5. The Morgan fingerprint density at radius 2 is 1.86 bits per heavy atom. The van der Waals surface area contributed by atoms with E-state index in [2.05, 4.69) is 10.3 Å². The number of rotatable bonds is 5. The lowest BCUT2D eigenvalue weighted by atomic mass is 10.1. The van der Waals surface area contributed by atoms with E-state index >= 15 is 0 Å². The monoisotopic (exact) mass is 405 g/mol. The molecule has 6 nitrogen and oxygen atoms in total. The van der Waals surface area contributed by atoms with Gasteiger partial charge in [0.1, 0.15) is 17.1 Å². The van der Waals surface area contributed by atoms with Gasteiger partial charge in [-0.05, 0) is 36.8 Å². The molecule has 0 aliphatic heterocycles. The molecule has 1 amide bonds. The Labute approximate surface area is 171 Å². The molecule has 0 atom stereocenters. The fourth-order valence-electron chi connectivity index (χ4n) is 3.06. The maximum Gasteiger partial charge on any atom is 0.263 e. The maximum atomic E-state index is 13.1. The van der Waals surface area contributed by atoms with E-state index in [4.69, 9.17) is 4.74 Å². The molecule has 2 aromatic carbocycles. The zero-order chi connectivity index (χ0) is 20.4. The number of carbonyl (C=O) groups is 1. The Kier molecular flexibility index (Phi) is 5.14. The zero-order valence-corrected chi connectivity index (χ0v) is 16.8. The SMILES string of the molecule is COc1ccc(-c2csc3ncn(CC(=O)Nc4ccc(C)cc4)c(=O)c23)cc1. The van der Waals surface area contributed by atoms with Crippen LogP contribution < -0.4 is 15.6 Å². The lowest BCUT2D eigenvalue weighted by molar-refractivity contribution is -0.116. The molecule has 2 heterocycles. The second-order valence-corrected chi connectivity index (χ2v) is 7.51. The molecule has 146 valence electrons. The van der Waals surface area contributed by atoms with Crippen molar-refractivity contribution in [1.29, 1.82) is 0 Å². The van der Waals surface area contributed by atoms with E-state index in [0.29, 0.717) is 15.9 Å². The Morgan fingerprint density at radius 3 is 2.55 bits per heavy atom. The van der Waals surface area contributed by atoms with Crippen molar-refractivity contribution in [2.45, 2.75) is 13.5 Å². The minimum atomic E-state index is -0.279. The molecular weight excluding hydrogens is 386 g/mol. The number of amides is 1. The predicted octanol–water partition coefficient (Wildman–Crippen LogP) is 4.08. The van der Waals surface area contributed by atoms with Crippen LogP contribution in [0, 0.1) is 6.92 Å². The van der Waals surface area contributed by atoms with Gasteiger partial charge in [-0.25, -0.2) is 4.98 Å². The number of aryl methyl sites for hydroxylation is 1. The normalized spacial score (nSPS) is 10.8. The van der Waals surface area contributed by atoms with Gasteiger partial charge in [-0.2, -0.15) is 0 Å². The molecule has 0 radical (unpaired) electrons. The summed E-state index contributed by atoms with van der Waals surface area (Å²) in [5, 5.41) is 5.24. The van der Waals surface area contributed by atoms with Gasteiger partial charge in [-0.15, -0.1) is 11.3 Å². The topological polar surface area (TPSA) is 73.2 Å². The Bertz CT molecular complexity index is 1230. The van der Waals surface area contributed by atoms with E-state index in [1.54, 1.807) is 7.11 Å². The fourth-order valence-corrected chi connectivity index (χ4v) is 3.96. The molecule has 0 saturated heterocycles. The highest BCUT2D eigenvalue weighted by Gasteiger charge is 2.15. The summed E-state index contributed by atoms with van der Waals surface area (Å²) >= 11 is 1.41. The van der Waals surface area contributed by atoms with Crippen LogP contribution in [0.1, 0.15) is 5.56 Å². The number of nitrogens with one attached hydrogen (secondary N) is 1. The second kappa shape index (κ2) is 7.89. The van der Waals surface area contributed by atoms with Gasteiger partial charge in [-0.3, -0.25) is 14.2 Å². The largest absolute Gasteiger partial charge is 0.497 e. The van der Waals surface area contributed by atoms with E-state index in [1.807, 2.05) is 60.8 Å². The molecule has 0 fully saturated rings. The molecule has 1 N–H and O–H groups in total. The summed E-state index contributed by atoms with van der Waals surface area (Å²) in [6.45, 7) is 1.88. The molecule has 0 bridgehead atoms. The summed E-state index contributed by atoms with van der Waals surface area (Å²) < 4.78 is 6.53. The third-order valence-corrected chi connectivity index (χ3v) is 5.50. The lowest BCUT2D eigenvalue weighted by Crippen LogP contribution is -2.27. The number of benzene rings is 2. The number of aromatic nitrogens is 2. The fraction of sp³-hybridized carbons (Fsp3) is 0.136. The highest BCUT2D eigenvalue weighted by molar-refractivity contribution is 7.17. The van der Waals surface area contributed by atoms with Crippen molar-refractivity contribution in [3.05, 3.63) is 76.2 Å². The lowest BCUT2D eigenvalue weighted by Gasteiger charge is -2.08. The number of carbonyl (C=O) groups excluding carboxylic acids is 1. The van der Waals surface area contributed by atoms with Crippen molar-refractivity contribution >= 4 is 33.1 Å². The molecule has 0 unspecified atom stereocenters. The van der Waals surface area contributed by atoms with Gasteiger partial charge in [0, 0.05) is 16.6 Å². The number of nitrogens with zero attached hydrogens (tertiary/aromatic N) is 2. The molecule has 4 aromatic rings. The highest BCUT2D eigenvalue weighted by Crippen LogP contribution is 2.31. The van der Waals surface area contributed by atoms with Gasteiger partial charge in [0.2, 0.25) is 5.91 Å². The average molecular weight is 405 g/mol. The standard InChI is InChI=1S/C22H19N3O3S/c1-14-3-7-16(8-4-14)24-19(26)11-25-13-23-21-20(22(25)27)18(12-29-21)15-5-9-17(28-2)10-6-15/h3-10,12-13H,11H2,1-2H3,(H,24,26).